The summed E-state index contributed by atoms with van der Waals surface area (Å²) in [5, 5.41) is 48.2. The highest BCUT2D eigenvalue weighted by atomic mass is 16.7. The third-order valence-electron chi connectivity index (χ3n) is 4.33. The van der Waals surface area contributed by atoms with Crippen LogP contribution in [0.5, 0.6) is 0 Å². The van der Waals surface area contributed by atoms with E-state index in [1.807, 2.05) is 0 Å². The van der Waals surface area contributed by atoms with Crippen LogP contribution >= 0.6 is 0 Å². The van der Waals surface area contributed by atoms with Gasteiger partial charge in [0.1, 0.15) is 37.1 Å². The first-order chi connectivity index (χ1) is 14.2. The Hall–Kier alpha value is -2.60. The number of benzene rings is 1. The van der Waals surface area contributed by atoms with Crippen LogP contribution in [0.4, 0.5) is 0 Å². The highest BCUT2D eigenvalue weighted by Gasteiger charge is 2.46. The predicted octanol–water partition coefficient (Wildman–Crippen LogP) is -1.50. The Labute approximate surface area is 172 Å². The van der Waals surface area contributed by atoms with Crippen LogP contribution in [0.25, 0.3) is 6.08 Å². The Balaban J connectivity index is 1.96. The molecule has 0 radical (unpaired) electrons. The quantitative estimate of drug-likeness (QED) is 0.245. The first-order valence-electron chi connectivity index (χ1n) is 9.02. The molecule has 1 fully saturated rings. The average molecular weight is 424 g/mol. The van der Waals surface area contributed by atoms with Crippen molar-refractivity contribution in [3.05, 3.63) is 54.1 Å². The number of esters is 2. The van der Waals surface area contributed by atoms with E-state index >= 15 is 0 Å². The molecule has 0 bridgehead atoms. The summed E-state index contributed by atoms with van der Waals surface area (Å²) in [6.07, 6.45) is -7.07. The molecule has 0 spiro atoms. The summed E-state index contributed by atoms with van der Waals surface area (Å²) in [4.78, 5) is 23.8. The third-order valence-corrected chi connectivity index (χ3v) is 4.33. The van der Waals surface area contributed by atoms with Gasteiger partial charge in [-0.15, -0.1) is 0 Å². The van der Waals surface area contributed by atoms with Crippen molar-refractivity contribution in [3.8, 4) is 0 Å². The molecule has 0 unspecified atom stereocenters. The Bertz CT molecular complexity index is 762. The fourth-order valence-electron chi connectivity index (χ4n) is 2.53. The Kier molecular flexibility index (Phi) is 8.66. The van der Waals surface area contributed by atoms with Crippen molar-refractivity contribution in [2.75, 3.05) is 13.2 Å². The number of hydrogen-bond acceptors (Lipinski definition) is 10. The topological polar surface area (TPSA) is 163 Å². The maximum absolute atomic E-state index is 12.0. The lowest BCUT2D eigenvalue weighted by molar-refractivity contribution is -0.291. The van der Waals surface area contributed by atoms with E-state index in [2.05, 4.69) is 6.58 Å². The van der Waals surface area contributed by atoms with Crippen molar-refractivity contribution in [1.29, 1.82) is 0 Å². The van der Waals surface area contributed by atoms with E-state index in [4.69, 9.17) is 19.3 Å². The van der Waals surface area contributed by atoms with Crippen molar-refractivity contribution in [1.82, 2.24) is 0 Å². The second-order valence-corrected chi connectivity index (χ2v) is 6.52. The Morgan fingerprint density at radius 3 is 2.43 bits per heavy atom. The molecule has 164 valence electrons. The van der Waals surface area contributed by atoms with Gasteiger partial charge in [-0.05, 0) is 11.6 Å². The van der Waals surface area contributed by atoms with Gasteiger partial charge in [-0.3, -0.25) is 0 Å². The molecule has 1 aliphatic heterocycles. The summed E-state index contributed by atoms with van der Waals surface area (Å²) in [6.45, 7) is 1.94. The molecule has 6 atom stereocenters. The van der Waals surface area contributed by atoms with Crippen molar-refractivity contribution >= 4 is 18.0 Å². The number of hydrogen-bond donors (Lipinski definition) is 5. The molecule has 30 heavy (non-hydrogen) atoms. The Morgan fingerprint density at radius 1 is 1.13 bits per heavy atom. The first kappa shape index (κ1) is 23.7. The van der Waals surface area contributed by atoms with Crippen molar-refractivity contribution in [2.24, 2.45) is 0 Å². The standard InChI is InChI=1S/C20H24O10/c1-11(13(22)9-21)19(27)28-10-14-16(24)17(25)18(26)20(29-14)30-15(23)8-7-12-5-3-2-4-6-12/h2-8,13-14,16-18,20-22,24-26H,1,9-10H2/b8-7+/t13-,14+,16+,17-,18+,20-/m0/s1. The van der Waals surface area contributed by atoms with Crippen LogP contribution in [0, 0.1) is 0 Å². The zero-order valence-corrected chi connectivity index (χ0v) is 15.9. The van der Waals surface area contributed by atoms with Gasteiger partial charge < -0.3 is 39.7 Å². The molecule has 1 aromatic rings. The molecule has 10 heteroatoms. The normalized spacial score (nSPS) is 27.4. The average Bonchev–Trinajstić information content (AvgIpc) is 2.76. The molecule has 0 aliphatic carbocycles. The summed E-state index contributed by atoms with van der Waals surface area (Å²) in [5.74, 6) is -1.94. The van der Waals surface area contributed by atoms with Gasteiger partial charge in [0.05, 0.1) is 12.2 Å². The van der Waals surface area contributed by atoms with Crippen molar-refractivity contribution in [3.63, 3.8) is 0 Å². The van der Waals surface area contributed by atoms with E-state index in [1.54, 1.807) is 30.3 Å². The zero-order valence-electron chi connectivity index (χ0n) is 15.9. The zero-order chi connectivity index (χ0) is 22.3. The van der Waals surface area contributed by atoms with Crippen LogP contribution in [0.15, 0.2) is 48.6 Å². The number of carbonyl (C=O) groups is 2. The number of aliphatic hydroxyl groups excluding tert-OH is 5. The fraction of sp³-hybridized carbons (Fsp3) is 0.400. The van der Waals surface area contributed by atoms with Crippen LogP contribution in [0.3, 0.4) is 0 Å². The SMILES string of the molecule is C=C(C(=O)OC[C@H]1O[C@@H](OC(=O)/C=C/c2ccccc2)[C@H](O)[C@@H](O)[C@@H]1O)[C@@H](O)CO. The summed E-state index contributed by atoms with van der Waals surface area (Å²) >= 11 is 0. The highest BCUT2D eigenvalue weighted by molar-refractivity contribution is 5.88. The number of aliphatic hydroxyl groups is 5. The second-order valence-electron chi connectivity index (χ2n) is 6.52. The smallest absolute Gasteiger partial charge is 0.336 e. The molecule has 0 amide bonds. The van der Waals surface area contributed by atoms with Gasteiger partial charge in [-0.1, -0.05) is 36.9 Å². The molecule has 1 saturated heterocycles. The van der Waals surface area contributed by atoms with Gasteiger partial charge in [0.15, 0.2) is 0 Å². The van der Waals surface area contributed by atoms with Crippen LogP contribution in [-0.4, -0.2) is 87.5 Å². The van der Waals surface area contributed by atoms with Gasteiger partial charge in [-0.2, -0.15) is 0 Å². The largest absolute Gasteiger partial charge is 0.459 e. The van der Waals surface area contributed by atoms with E-state index < -0.39 is 67.5 Å². The molecule has 1 aliphatic rings. The van der Waals surface area contributed by atoms with Crippen LogP contribution in [-0.2, 0) is 23.8 Å². The van der Waals surface area contributed by atoms with Gasteiger partial charge >= 0.3 is 11.9 Å². The maximum atomic E-state index is 12.0. The highest BCUT2D eigenvalue weighted by Crippen LogP contribution is 2.23. The molecular formula is C20H24O10. The van der Waals surface area contributed by atoms with Crippen LogP contribution < -0.4 is 0 Å². The number of carbonyl (C=O) groups excluding carboxylic acids is 2. The summed E-state index contributed by atoms with van der Waals surface area (Å²) in [5.41, 5.74) is 0.308. The van der Waals surface area contributed by atoms with Crippen molar-refractivity contribution < 1.29 is 49.3 Å². The number of ether oxygens (including phenoxy) is 3. The van der Waals surface area contributed by atoms with Gasteiger partial charge in [0.25, 0.3) is 0 Å². The van der Waals surface area contributed by atoms with E-state index in [0.29, 0.717) is 0 Å². The van der Waals surface area contributed by atoms with E-state index in [-0.39, 0.29) is 0 Å². The number of rotatable bonds is 8. The monoisotopic (exact) mass is 424 g/mol. The lowest BCUT2D eigenvalue weighted by Gasteiger charge is -2.39. The molecule has 5 N–H and O–H groups in total. The van der Waals surface area contributed by atoms with Gasteiger partial charge in [0, 0.05) is 6.08 Å². The van der Waals surface area contributed by atoms with Crippen LogP contribution in [0.2, 0.25) is 0 Å². The second kappa shape index (κ2) is 11.0. The van der Waals surface area contributed by atoms with E-state index in [9.17, 15) is 30.0 Å². The van der Waals surface area contributed by atoms with Crippen molar-refractivity contribution in [2.45, 2.75) is 36.8 Å². The Morgan fingerprint density at radius 2 is 1.80 bits per heavy atom. The van der Waals surface area contributed by atoms with Gasteiger partial charge in [0.2, 0.25) is 6.29 Å². The molecular weight excluding hydrogens is 400 g/mol. The first-order valence-corrected chi connectivity index (χ1v) is 9.02. The molecule has 0 saturated carbocycles. The van der Waals surface area contributed by atoms with E-state index in [0.717, 1.165) is 11.6 Å². The maximum Gasteiger partial charge on any atom is 0.336 e. The van der Waals surface area contributed by atoms with Gasteiger partial charge in [-0.25, -0.2) is 9.59 Å². The fourth-order valence-corrected chi connectivity index (χ4v) is 2.53. The summed E-state index contributed by atoms with van der Waals surface area (Å²) in [7, 11) is 0. The summed E-state index contributed by atoms with van der Waals surface area (Å²) in [6, 6.07) is 8.86. The third kappa shape index (κ3) is 6.20. The lowest BCUT2D eigenvalue weighted by Crippen LogP contribution is -2.59. The minimum absolute atomic E-state index is 0.419. The summed E-state index contributed by atoms with van der Waals surface area (Å²) < 4.78 is 15.1. The lowest BCUT2D eigenvalue weighted by atomic mass is 9.99. The molecule has 1 aromatic carbocycles. The minimum Gasteiger partial charge on any atom is -0.459 e. The van der Waals surface area contributed by atoms with E-state index in [1.165, 1.54) is 6.08 Å². The minimum atomic E-state index is -1.75. The predicted molar refractivity (Wildman–Crippen MR) is 101 cm³/mol. The molecule has 1 heterocycles. The molecule has 10 nitrogen and oxygen atoms in total. The molecule has 2 rings (SSSR count). The van der Waals surface area contributed by atoms with Crippen LogP contribution in [0.1, 0.15) is 5.56 Å². The molecule has 0 aromatic heterocycles.